The number of rotatable bonds is 2. The number of anilines is 1. The molecule has 0 aliphatic carbocycles. The van der Waals surface area contributed by atoms with Crippen LogP contribution < -0.4 is 4.90 Å². The largest absolute Gasteiger partial charge is 0.351 e. The van der Waals surface area contributed by atoms with Gasteiger partial charge in [-0.25, -0.2) is 14.4 Å². The van der Waals surface area contributed by atoms with Gasteiger partial charge in [-0.05, 0) is 60.0 Å². The van der Waals surface area contributed by atoms with Crippen LogP contribution in [0.15, 0.2) is 55.0 Å². The second kappa shape index (κ2) is 7.08. The summed E-state index contributed by atoms with van der Waals surface area (Å²) >= 11 is 6.21. The summed E-state index contributed by atoms with van der Waals surface area (Å²) in [6, 6.07) is 12.6. The SMILES string of the molecule is Cc1ccc(F)cc1-c1cnc2c(c1)CN(c1ncnc3ccc(Cl)cc13)CC2. The lowest BCUT2D eigenvalue weighted by atomic mass is 9.97. The molecule has 0 saturated heterocycles. The van der Waals surface area contributed by atoms with E-state index in [9.17, 15) is 4.39 Å². The molecule has 2 aromatic heterocycles. The van der Waals surface area contributed by atoms with E-state index in [1.807, 2.05) is 31.3 Å². The predicted octanol–water partition coefficient (Wildman–Crippen LogP) is 5.36. The summed E-state index contributed by atoms with van der Waals surface area (Å²) in [6.07, 6.45) is 4.26. The molecule has 2 aromatic carbocycles. The van der Waals surface area contributed by atoms with E-state index >= 15 is 0 Å². The van der Waals surface area contributed by atoms with Gasteiger partial charge in [0, 0.05) is 47.4 Å². The minimum atomic E-state index is -0.241. The van der Waals surface area contributed by atoms with Gasteiger partial charge in [0.15, 0.2) is 0 Å². The van der Waals surface area contributed by atoms with Gasteiger partial charge < -0.3 is 4.90 Å². The fourth-order valence-electron chi connectivity index (χ4n) is 3.93. The molecule has 1 aliphatic heterocycles. The number of pyridine rings is 1. The highest BCUT2D eigenvalue weighted by Gasteiger charge is 2.21. The van der Waals surface area contributed by atoms with Gasteiger partial charge in [-0.3, -0.25) is 4.98 Å². The molecule has 0 amide bonds. The second-order valence-corrected chi connectivity index (χ2v) is 7.76. The molecule has 0 unspecified atom stereocenters. The predicted molar refractivity (Wildman–Crippen MR) is 114 cm³/mol. The number of hydrogen-bond acceptors (Lipinski definition) is 4. The summed E-state index contributed by atoms with van der Waals surface area (Å²) in [6.45, 7) is 3.48. The van der Waals surface area contributed by atoms with Crippen molar-refractivity contribution < 1.29 is 4.39 Å². The van der Waals surface area contributed by atoms with Gasteiger partial charge in [-0.1, -0.05) is 17.7 Å². The van der Waals surface area contributed by atoms with Crippen LogP contribution in [0.4, 0.5) is 10.2 Å². The van der Waals surface area contributed by atoms with Gasteiger partial charge in [0.25, 0.3) is 0 Å². The number of hydrogen-bond donors (Lipinski definition) is 0. The molecular formula is C23H18ClFN4. The molecule has 4 aromatic rings. The van der Waals surface area contributed by atoms with Crippen molar-refractivity contribution in [2.24, 2.45) is 0 Å². The number of aryl methyl sites for hydroxylation is 1. The van der Waals surface area contributed by atoms with Crippen LogP contribution in [-0.2, 0) is 13.0 Å². The van der Waals surface area contributed by atoms with Crippen LogP contribution in [0, 0.1) is 12.7 Å². The van der Waals surface area contributed by atoms with Crippen LogP contribution in [-0.4, -0.2) is 21.5 Å². The Labute approximate surface area is 173 Å². The van der Waals surface area contributed by atoms with E-state index in [1.54, 1.807) is 18.5 Å². The zero-order valence-electron chi connectivity index (χ0n) is 15.9. The first-order valence-electron chi connectivity index (χ1n) is 9.48. The van der Waals surface area contributed by atoms with Crippen molar-refractivity contribution in [2.45, 2.75) is 19.9 Å². The Morgan fingerprint density at radius 3 is 2.83 bits per heavy atom. The Morgan fingerprint density at radius 1 is 1.03 bits per heavy atom. The number of halogens is 2. The number of benzene rings is 2. The van der Waals surface area contributed by atoms with Crippen molar-refractivity contribution in [2.75, 3.05) is 11.4 Å². The maximum atomic E-state index is 13.8. The van der Waals surface area contributed by atoms with Gasteiger partial charge in [0.1, 0.15) is 18.0 Å². The summed E-state index contributed by atoms with van der Waals surface area (Å²) in [5.41, 5.74) is 5.90. The average Bonchev–Trinajstić information content (AvgIpc) is 2.74. The Kier molecular flexibility index (Phi) is 4.40. The number of nitrogens with zero attached hydrogens (tertiary/aromatic N) is 4. The van der Waals surface area contributed by atoms with Crippen molar-refractivity contribution in [3.63, 3.8) is 0 Å². The molecule has 0 atom stereocenters. The monoisotopic (exact) mass is 404 g/mol. The van der Waals surface area contributed by atoms with Crippen LogP contribution in [0.25, 0.3) is 22.0 Å². The molecule has 29 heavy (non-hydrogen) atoms. The summed E-state index contributed by atoms with van der Waals surface area (Å²) < 4.78 is 13.8. The molecule has 5 rings (SSSR count). The fourth-order valence-corrected chi connectivity index (χ4v) is 4.10. The first-order valence-corrected chi connectivity index (χ1v) is 9.86. The molecule has 0 bridgehead atoms. The molecule has 3 heterocycles. The first-order chi connectivity index (χ1) is 14.1. The Balaban J connectivity index is 1.54. The third-order valence-corrected chi connectivity index (χ3v) is 5.66. The van der Waals surface area contributed by atoms with E-state index < -0.39 is 0 Å². The van der Waals surface area contributed by atoms with Crippen molar-refractivity contribution in [1.82, 2.24) is 15.0 Å². The zero-order chi connectivity index (χ0) is 20.0. The highest BCUT2D eigenvalue weighted by molar-refractivity contribution is 6.31. The Hall–Kier alpha value is -3.05. The van der Waals surface area contributed by atoms with Gasteiger partial charge in [0.2, 0.25) is 0 Å². The Morgan fingerprint density at radius 2 is 1.93 bits per heavy atom. The van der Waals surface area contributed by atoms with Gasteiger partial charge in [0.05, 0.1) is 5.52 Å². The van der Waals surface area contributed by atoms with Gasteiger partial charge in [-0.2, -0.15) is 0 Å². The van der Waals surface area contributed by atoms with E-state index in [0.717, 1.165) is 57.6 Å². The second-order valence-electron chi connectivity index (χ2n) is 7.32. The molecule has 6 heteroatoms. The molecule has 0 N–H and O–H groups in total. The Bertz CT molecular complexity index is 1240. The van der Waals surface area contributed by atoms with Crippen molar-refractivity contribution >= 4 is 28.3 Å². The normalized spacial score (nSPS) is 13.6. The van der Waals surface area contributed by atoms with Crippen molar-refractivity contribution in [1.29, 1.82) is 0 Å². The summed E-state index contributed by atoms with van der Waals surface area (Å²) in [5, 5.41) is 1.60. The summed E-state index contributed by atoms with van der Waals surface area (Å²) in [7, 11) is 0. The molecule has 4 nitrogen and oxygen atoms in total. The van der Waals surface area contributed by atoms with E-state index in [1.165, 1.54) is 6.07 Å². The van der Waals surface area contributed by atoms with E-state index in [2.05, 4.69) is 25.9 Å². The number of fused-ring (bicyclic) bond motifs is 2. The van der Waals surface area contributed by atoms with Crippen molar-refractivity contribution in [3.8, 4) is 11.1 Å². The van der Waals surface area contributed by atoms with E-state index in [4.69, 9.17) is 11.6 Å². The van der Waals surface area contributed by atoms with E-state index in [0.29, 0.717) is 11.6 Å². The molecule has 144 valence electrons. The molecule has 1 aliphatic rings. The zero-order valence-corrected chi connectivity index (χ0v) is 16.6. The van der Waals surface area contributed by atoms with Crippen LogP contribution in [0.5, 0.6) is 0 Å². The van der Waals surface area contributed by atoms with Gasteiger partial charge in [-0.15, -0.1) is 0 Å². The van der Waals surface area contributed by atoms with Crippen LogP contribution >= 0.6 is 11.6 Å². The summed E-state index contributed by atoms with van der Waals surface area (Å²) in [4.78, 5) is 15.8. The highest BCUT2D eigenvalue weighted by Crippen LogP contribution is 2.31. The molecule has 0 fully saturated rings. The fraction of sp³-hybridized carbons (Fsp3) is 0.174. The van der Waals surface area contributed by atoms with Crippen LogP contribution in [0.1, 0.15) is 16.8 Å². The molecule has 0 radical (unpaired) electrons. The topological polar surface area (TPSA) is 41.9 Å². The summed E-state index contributed by atoms with van der Waals surface area (Å²) in [5.74, 6) is 0.629. The third kappa shape index (κ3) is 3.32. The smallest absolute Gasteiger partial charge is 0.140 e. The maximum Gasteiger partial charge on any atom is 0.140 e. The minimum Gasteiger partial charge on any atom is -0.351 e. The van der Waals surface area contributed by atoms with Crippen LogP contribution in [0.2, 0.25) is 5.02 Å². The highest BCUT2D eigenvalue weighted by atomic mass is 35.5. The standard InChI is InChI=1S/C23H18ClFN4/c1-14-2-4-18(25)10-19(14)15-8-16-12-29(7-6-21(16)26-11-15)23-20-9-17(24)3-5-22(20)27-13-28-23/h2-5,8-11,13H,6-7,12H2,1H3. The third-order valence-electron chi connectivity index (χ3n) is 5.43. The van der Waals surface area contributed by atoms with Crippen LogP contribution in [0.3, 0.4) is 0 Å². The molecule has 0 saturated carbocycles. The van der Waals surface area contributed by atoms with E-state index in [-0.39, 0.29) is 5.82 Å². The quantitative estimate of drug-likeness (QED) is 0.451. The lowest BCUT2D eigenvalue weighted by Crippen LogP contribution is -2.31. The maximum absolute atomic E-state index is 13.8. The molecule has 0 spiro atoms. The molecular weight excluding hydrogens is 387 g/mol. The lowest BCUT2D eigenvalue weighted by Gasteiger charge is -2.30. The lowest BCUT2D eigenvalue weighted by molar-refractivity contribution is 0.628. The average molecular weight is 405 g/mol. The van der Waals surface area contributed by atoms with Crippen molar-refractivity contribution in [3.05, 3.63) is 82.6 Å². The first kappa shape index (κ1) is 18.0. The minimum absolute atomic E-state index is 0.241. The van der Waals surface area contributed by atoms with Gasteiger partial charge >= 0.3 is 0 Å². The number of aromatic nitrogens is 3.